The molecular formula is C16H16N2O4S. The van der Waals surface area contributed by atoms with E-state index in [0.29, 0.717) is 18.7 Å². The summed E-state index contributed by atoms with van der Waals surface area (Å²) in [6.07, 6.45) is -0.719. The minimum absolute atomic E-state index is 0.163. The number of nitrogens with one attached hydrogen (secondary N) is 2. The van der Waals surface area contributed by atoms with Gasteiger partial charge in [0, 0.05) is 23.9 Å². The molecule has 23 heavy (non-hydrogen) atoms. The van der Waals surface area contributed by atoms with E-state index in [1.165, 1.54) is 6.07 Å². The molecule has 7 heteroatoms. The van der Waals surface area contributed by atoms with E-state index in [9.17, 15) is 13.5 Å². The Morgan fingerprint density at radius 2 is 1.87 bits per heavy atom. The first-order valence-corrected chi connectivity index (χ1v) is 8.85. The molecule has 2 heterocycles. The maximum atomic E-state index is 12.6. The summed E-state index contributed by atoms with van der Waals surface area (Å²) < 4.78 is 33.4. The van der Waals surface area contributed by atoms with Crippen LogP contribution in [-0.2, 0) is 10.0 Å². The van der Waals surface area contributed by atoms with Crippen molar-refractivity contribution in [1.29, 1.82) is 0 Å². The number of aliphatic hydroxyl groups is 1. The summed E-state index contributed by atoms with van der Waals surface area (Å²) in [7, 11) is -3.71. The predicted octanol–water partition coefficient (Wildman–Crippen LogP) is 1.20. The molecule has 0 aliphatic carbocycles. The summed E-state index contributed by atoms with van der Waals surface area (Å²) in [6, 6.07) is 11.8. The molecule has 2 unspecified atom stereocenters. The molecule has 2 atom stereocenters. The molecule has 0 radical (unpaired) electrons. The van der Waals surface area contributed by atoms with Crippen LogP contribution in [-0.4, -0.2) is 38.8 Å². The van der Waals surface area contributed by atoms with E-state index in [4.69, 9.17) is 4.42 Å². The zero-order chi connectivity index (χ0) is 16.0. The van der Waals surface area contributed by atoms with Crippen LogP contribution in [0.15, 0.2) is 51.8 Å². The van der Waals surface area contributed by atoms with Gasteiger partial charge in [0.2, 0.25) is 10.0 Å². The molecule has 120 valence electrons. The van der Waals surface area contributed by atoms with Crippen LogP contribution >= 0.6 is 0 Å². The van der Waals surface area contributed by atoms with E-state index in [0.717, 1.165) is 16.4 Å². The number of furan rings is 1. The minimum atomic E-state index is -3.71. The van der Waals surface area contributed by atoms with Gasteiger partial charge in [-0.05, 0) is 24.3 Å². The molecule has 2 aromatic carbocycles. The standard InChI is InChI=1S/C16H16N2O4S/c19-14-9-17-8-13(14)18-23(20,21)10-5-6-16-12(7-10)11-3-1-2-4-15(11)22-16/h1-7,13-14,17-19H,8-9H2. The van der Waals surface area contributed by atoms with Gasteiger partial charge in [-0.2, -0.15) is 0 Å². The normalized spacial score (nSPS) is 22.1. The molecule has 4 rings (SSSR count). The van der Waals surface area contributed by atoms with Crippen molar-refractivity contribution >= 4 is 32.0 Å². The molecule has 1 fully saturated rings. The number of benzene rings is 2. The first-order chi connectivity index (χ1) is 11.0. The average molecular weight is 332 g/mol. The van der Waals surface area contributed by atoms with Crippen molar-refractivity contribution in [2.75, 3.05) is 13.1 Å². The van der Waals surface area contributed by atoms with Gasteiger partial charge in [-0.1, -0.05) is 18.2 Å². The second-order valence-corrected chi connectivity index (χ2v) is 7.42. The SMILES string of the molecule is O=S(=O)(NC1CNCC1O)c1ccc2oc3ccccc3c2c1. The third-order valence-corrected chi connectivity index (χ3v) is 5.63. The van der Waals surface area contributed by atoms with Crippen LogP contribution in [0.25, 0.3) is 21.9 Å². The van der Waals surface area contributed by atoms with E-state index >= 15 is 0 Å². The lowest BCUT2D eigenvalue weighted by Gasteiger charge is -2.15. The van der Waals surface area contributed by atoms with Crippen molar-refractivity contribution < 1.29 is 17.9 Å². The van der Waals surface area contributed by atoms with Crippen molar-refractivity contribution in [3.63, 3.8) is 0 Å². The Hall–Kier alpha value is -1.93. The van der Waals surface area contributed by atoms with Crippen LogP contribution in [0.1, 0.15) is 0 Å². The fourth-order valence-corrected chi connectivity index (χ4v) is 4.22. The molecule has 3 N–H and O–H groups in total. The number of β-amino-alcohol motifs (C(OH)–C–C–N with tert-alkyl or cyclic N) is 1. The Labute approximate surface area is 133 Å². The van der Waals surface area contributed by atoms with Crippen LogP contribution in [0.2, 0.25) is 0 Å². The smallest absolute Gasteiger partial charge is 0.240 e. The predicted molar refractivity (Wildman–Crippen MR) is 86.7 cm³/mol. The van der Waals surface area contributed by atoms with Crippen LogP contribution < -0.4 is 10.0 Å². The third kappa shape index (κ3) is 2.51. The van der Waals surface area contributed by atoms with Crippen molar-refractivity contribution in [1.82, 2.24) is 10.0 Å². The monoisotopic (exact) mass is 332 g/mol. The van der Waals surface area contributed by atoms with Crippen LogP contribution in [0.3, 0.4) is 0 Å². The van der Waals surface area contributed by atoms with Crippen molar-refractivity contribution in [3.8, 4) is 0 Å². The summed E-state index contributed by atoms with van der Waals surface area (Å²) >= 11 is 0. The lowest BCUT2D eigenvalue weighted by molar-refractivity contribution is 0.173. The van der Waals surface area contributed by atoms with Gasteiger partial charge < -0.3 is 14.8 Å². The summed E-state index contributed by atoms with van der Waals surface area (Å²) in [5, 5.41) is 14.4. The number of para-hydroxylation sites is 1. The molecule has 0 spiro atoms. The van der Waals surface area contributed by atoms with Gasteiger partial charge in [0.25, 0.3) is 0 Å². The van der Waals surface area contributed by atoms with Crippen LogP contribution in [0.4, 0.5) is 0 Å². The Balaban J connectivity index is 1.77. The molecule has 6 nitrogen and oxygen atoms in total. The second-order valence-electron chi connectivity index (χ2n) is 5.71. The molecule has 0 amide bonds. The first kappa shape index (κ1) is 14.6. The fraction of sp³-hybridized carbons (Fsp3) is 0.250. The van der Waals surface area contributed by atoms with Gasteiger partial charge in [0.05, 0.1) is 17.0 Å². The Kier molecular flexibility index (Phi) is 3.38. The van der Waals surface area contributed by atoms with Gasteiger partial charge in [-0.15, -0.1) is 0 Å². The molecule has 1 aromatic heterocycles. The Bertz CT molecular complexity index is 980. The van der Waals surface area contributed by atoms with E-state index in [1.807, 2.05) is 24.3 Å². The molecule has 1 aliphatic rings. The number of fused-ring (bicyclic) bond motifs is 3. The van der Waals surface area contributed by atoms with Crippen molar-refractivity contribution in [2.45, 2.75) is 17.0 Å². The molecule has 0 bridgehead atoms. The lowest BCUT2D eigenvalue weighted by Crippen LogP contribution is -2.42. The molecule has 0 saturated carbocycles. The van der Waals surface area contributed by atoms with Gasteiger partial charge >= 0.3 is 0 Å². The number of hydrogen-bond acceptors (Lipinski definition) is 5. The van der Waals surface area contributed by atoms with Gasteiger partial charge in [0.1, 0.15) is 11.2 Å². The minimum Gasteiger partial charge on any atom is -0.456 e. The van der Waals surface area contributed by atoms with Gasteiger partial charge in [-0.25, -0.2) is 13.1 Å². The molecular weight excluding hydrogens is 316 g/mol. The number of aliphatic hydroxyl groups excluding tert-OH is 1. The second kappa shape index (κ2) is 5.31. The van der Waals surface area contributed by atoms with Gasteiger partial charge in [-0.3, -0.25) is 0 Å². The van der Waals surface area contributed by atoms with Crippen molar-refractivity contribution in [2.24, 2.45) is 0 Å². The van der Waals surface area contributed by atoms with E-state index in [2.05, 4.69) is 10.0 Å². The highest BCUT2D eigenvalue weighted by Crippen LogP contribution is 2.30. The van der Waals surface area contributed by atoms with Crippen molar-refractivity contribution in [3.05, 3.63) is 42.5 Å². The summed E-state index contributed by atoms with van der Waals surface area (Å²) in [5.41, 5.74) is 1.37. The molecule has 3 aromatic rings. The summed E-state index contributed by atoms with van der Waals surface area (Å²) in [4.78, 5) is 0.163. The number of hydrogen-bond donors (Lipinski definition) is 3. The Morgan fingerprint density at radius 1 is 1.09 bits per heavy atom. The summed E-state index contributed by atoms with van der Waals surface area (Å²) in [6.45, 7) is 0.801. The largest absolute Gasteiger partial charge is 0.456 e. The highest BCUT2D eigenvalue weighted by molar-refractivity contribution is 7.89. The quantitative estimate of drug-likeness (QED) is 0.670. The highest BCUT2D eigenvalue weighted by Gasteiger charge is 2.29. The topological polar surface area (TPSA) is 91.6 Å². The maximum Gasteiger partial charge on any atom is 0.240 e. The van der Waals surface area contributed by atoms with E-state index in [1.54, 1.807) is 12.1 Å². The lowest BCUT2D eigenvalue weighted by atomic mass is 10.1. The molecule has 1 aliphatic heterocycles. The Morgan fingerprint density at radius 3 is 2.65 bits per heavy atom. The van der Waals surface area contributed by atoms with Crippen LogP contribution in [0.5, 0.6) is 0 Å². The third-order valence-electron chi connectivity index (χ3n) is 4.15. The maximum absolute atomic E-state index is 12.6. The number of rotatable bonds is 3. The highest BCUT2D eigenvalue weighted by atomic mass is 32.2. The fourth-order valence-electron chi connectivity index (χ4n) is 2.92. The molecule has 1 saturated heterocycles. The van der Waals surface area contributed by atoms with E-state index < -0.39 is 22.2 Å². The summed E-state index contributed by atoms with van der Waals surface area (Å²) in [5.74, 6) is 0. The van der Waals surface area contributed by atoms with Gasteiger partial charge in [0.15, 0.2) is 0 Å². The number of sulfonamides is 1. The average Bonchev–Trinajstić information content (AvgIpc) is 3.10. The zero-order valence-corrected chi connectivity index (χ0v) is 13.0. The van der Waals surface area contributed by atoms with E-state index in [-0.39, 0.29) is 4.90 Å². The zero-order valence-electron chi connectivity index (χ0n) is 12.2. The van der Waals surface area contributed by atoms with Crippen LogP contribution in [0, 0.1) is 0 Å². The first-order valence-electron chi connectivity index (χ1n) is 7.37.